The van der Waals surface area contributed by atoms with Crippen molar-refractivity contribution in [2.75, 3.05) is 20.8 Å². The third kappa shape index (κ3) is 7.90. The molecule has 0 N–H and O–H groups in total. The summed E-state index contributed by atoms with van der Waals surface area (Å²) in [7, 11) is 3.18. The molecule has 7 rings (SSSR count). The number of Topliss-reactive ketones (excluding diaryl/α,β-unsaturated/α-hetero) is 1. The minimum absolute atomic E-state index is 0.0279. The van der Waals surface area contributed by atoms with Crippen molar-refractivity contribution in [1.29, 1.82) is 0 Å². The summed E-state index contributed by atoms with van der Waals surface area (Å²) in [5, 5.41) is 0. The molecule has 1 amide bonds. The first-order valence-electron chi connectivity index (χ1n) is 18.8. The number of methoxy groups -OCH3 is 2. The summed E-state index contributed by atoms with van der Waals surface area (Å²) in [4.78, 5) is 38.5. The second kappa shape index (κ2) is 14.8. The number of amides is 1. The van der Waals surface area contributed by atoms with Gasteiger partial charge in [0.2, 0.25) is 0 Å². The lowest BCUT2D eigenvalue weighted by Crippen LogP contribution is -2.36. The van der Waals surface area contributed by atoms with Crippen LogP contribution in [0.1, 0.15) is 110 Å². The van der Waals surface area contributed by atoms with E-state index in [0.717, 1.165) is 48.8 Å². The van der Waals surface area contributed by atoms with E-state index in [0.29, 0.717) is 70.3 Å². The van der Waals surface area contributed by atoms with Crippen LogP contribution < -0.4 is 18.9 Å². The van der Waals surface area contributed by atoms with E-state index in [9.17, 15) is 9.59 Å². The predicted molar refractivity (Wildman–Crippen MR) is 208 cm³/mol. The third-order valence-electron chi connectivity index (χ3n) is 11.0. The second-order valence-electron chi connectivity index (χ2n) is 16.3. The minimum Gasteiger partial charge on any atom is -0.493 e. The van der Waals surface area contributed by atoms with Crippen LogP contribution in [0, 0.1) is 17.3 Å². The van der Waals surface area contributed by atoms with E-state index < -0.39 is 0 Å². The largest absolute Gasteiger partial charge is 0.493 e. The van der Waals surface area contributed by atoms with E-state index in [-0.39, 0.29) is 42.3 Å². The van der Waals surface area contributed by atoms with Gasteiger partial charge in [-0.05, 0) is 90.2 Å². The maximum atomic E-state index is 13.6. The third-order valence-corrected chi connectivity index (χ3v) is 11.0. The smallest absolute Gasteiger partial charge is 0.256 e. The number of hydrogen-bond donors (Lipinski definition) is 0. The summed E-state index contributed by atoms with van der Waals surface area (Å²) >= 11 is 0. The zero-order valence-electron chi connectivity index (χ0n) is 31.9. The van der Waals surface area contributed by atoms with Gasteiger partial charge in [0.25, 0.3) is 5.91 Å². The molecule has 9 heteroatoms. The van der Waals surface area contributed by atoms with Gasteiger partial charge in [-0.3, -0.25) is 19.6 Å². The maximum Gasteiger partial charge on any atom is 0.256 e. The first kappa shape index (κ1) is 36.4. The van der Waals surface area contributed by atoms with Gasteiger partial charge in [0.1, 0.15) is 13.2 Å². The molecule has 53 heavy (non-hydrogen) atoms. The van der Waals surface area contributed by atoms with Gasteiger partial charge in [-0.15, -0.1) is 0 Å². The van der Waals surface area contributed by atoms with E-state index in [1.807, 2.05) is 23.4 Å². The molecule has 3 aromatic rings. The van der Waals surface area contributed by atoms with Crippen LogP contribution in [0.2, 0.25) is 0 Å². The van der Waals surface area contributed by atoms with Crippen LogP contribution in [0.3, 0.4) is 0 Å². The summed E-state index contributed by atoms with van der Waals surface area (Å²) in [6.45, 7) is 14.2. The predicted octanol–water partition coefficient (Wildman–Crippen LogP) is 9.59. The Hall–Kier alpha value is -4.92. The number of rotatable bonds is 9. The fourth-order valence-corrected chi connectivity index (χ4v) is 8.31. The van der Waals surface area contributed by atoms with Crippen molar-refractivity contribution in [3.63, 3.8) is 0 Å². The Bertz CT molecular complexity index is 1990. The molecule has 4 aliphatic rings. The number of aliphatic imine (C=N–C) groups is 2. The van der Waals surface area contributed by atoms with Crippen molar-refractivity contribution in [2.24, 2.45) is 27.2 Å². The summed E-state index contributed by atoms with van der Waals surface area (Å²) in [5.74, 6) is 3.13. The highest BCUT2D eigenvalue weighted by molar-refractivity contribution is 6.04. The van der Waals surface area contributed by atoms with Gasteiger partial charge in [0.15, 0.2) is 28.8 Å². The van der Waals surface area contributed by atoms with Crippen molar-refractivity contribution in [3.05, 3.63) is 82.4 Å². The summed E-state index contributed by atoms with van der Waals surface area (Å²) < 4.78 is 24.3. The molecule has 3 heterocycles. The SMILES string of the molecule is C=C1CC2CCC(=O)c3cc(OC)c(OCc4cc(COc5cc6c(cc5OC)C(=O)N5CC(C)(C)C[C@H]5C=N6)cc(C(C)C)c4)cc3N=C[C@H](C1)C2. The molecule has 0 aromatic heterocycles. The van der Waals surface area contributed by atoms with E-state index in [2.05, 4.69) is 52.5 Å². The van der Waals surface area contributed by atoms with Gasteiger partial charge in [0.05, 0.1) is 37.2 Å². The zero-order chi connectivity index (χ0) is 37.4. The highest BCUT2D eigenvalue weighted by Crippen LogP contribution is 2.43. The van der Waals surface area contributed by atoms with E-state index in [1.54, 1.807) is 32.4 Å². The zero-order valence-corrected chi connectivity index (χ0v) is 31.9. The molecule has 278 valence electrons. The van der Waals surface area contributed by atoms with Crippen LogP contribution in [0.5, 0.6) is 23.0 Å². The lowest BCUT2D eigenvalue weighted by Gasteiger charge is -2.29. The minimum atomic E-state index is -0.0354. The van der Waals surface area contributed by atoms with Gasteiger partial charge in [-0.1, -0.05) is 52.0 Å². The number of carbonyl (C=O) groups excluding carboxylic acids is 2. The van der Waals surface area contributed by atoms with Gasteiger partial charge >= 0.3 is 0 Å². The normalized spacial score (nSPS) is 21.8. The van der Waals surface area contributed by atoms with Crippen LogP contribution in [-0.2, 0) is 13.2 Å². The quantitative estimate of drug-likeness (QED) is 0.205. The van der Waals surface area contributed by atoms with Crippen molar-refractivity contribution >= 4 is 35.5 Å². The molecule has 2 fully saturated rings. The van der Waals surface area contributed by atoms with Crippen LogP contribution in [0.4, 0.5) is 11.4 Å². The Morgan fingerprint density at radius 2 is 1.45 bits per heavy atom. The fourth-order valence-electron chi connectivity index (χ4n) is 8.31. The molecule has 0 radical (unpaired) electrons. The number of benzene rings is 3. The van der Waals surface area contributed by atoms with Gasteiger partial charge in [-0.25, -0.2) is 0 Å². The lowest BCUT2D eigenvalue weighted by molar-refractivity contribution is 0.0761. The molecule has 2 bridgehead atoms. The molecule has 1 aliphatic carbocycles. The number of carbonyl (C=O) groups is 2. The summed E-state index contributed by atoms with van der Waals surface area (Å²) in [5.41, 5.74) is 6.64. The second-order valence-corrected chi connectivity index (χ2v) is 16.3. The van der Waals surface area contributed by atoms with Crippen LogP contribution in [0.15, 0.2) is 64.6 Å². The van der Waals surface area contributed by atoms with Crippen LogP contribution >= 0.6 is 0 Å². The molecular weight excluding hydrogens is 666 g/mol. The molecule has 1 saturated heterocycles. The molecule has 0 spiro atoms. The van der Waals surface area contributed by atoms with E-state index in [4.69, 9.17) is 28.9 Å². The molecular formula is C44H51N3O6. The average Bonchev–Trinajstić information content (AvgIpc) is 3.40. The Morgan fingerprint density at radius 3 is 2.09 bits per heavy atom. The van der Waals surface area contributed by atoms with Crippen molar-refractivity contribution < 1.29 is 28.5 Å². The number of ketones is 1. The average molecular weight is 718 g/mol. The number of fused-ring (bicyclic) bond motifs is 5. The summed E-state index contributed by atoms with van der Waals surface area (Å²) in [6.07, 6.45) is 9.05. The standard InChI is InChI=1S/C44H51N3O6/c1-26(2)32-14-30(23-52-41-18-36-34(16-39(41)50-6)38(48)9-8-28-10-27(3)11-29(12-28)21-45-36)13-31(15-32)24-53-42-19-37-35(17-40(42)51-7)43(49)47-25-44(4,5)20-33(47)22-46-37/h13-19,21-22,26,28-29,33H,3,8-12,20,23-25H2,1-2,4-7H3/t28?,29-,33+/m1/s1. The maximum absolute atomic E-state index is 13.6. The molecule has 3 aliphatic heterocycles. The number of hydrogen-bond acceptors (Lipinski definition) is 8. The Labute approximate surface area is 313 Å². The highest BCUT2D eigenvalue weighted by Gasteiger charge is 2.41. The number of allylic oxidation sites excluding steroid dienone is 1. The van der Waals surface area contributed by atoms with E-state index >= 15 is 0 Å². The van der Waals surface area contributed by atoms with Gasteiger partial charge in [-0.2, -0.15) is 0 Å². The molecule has 3 aromatic carbocycles. The van der Waals surface area contributed by atoms with Gasteiger partial charge in [0, 0.05) is 43.1 Å². The van der Waals surface area contributed by atoms with Crippen molar-refractivity contribution in [3.8, 4) is 23.0 Å². The Kier molecular flexibility index (Phi) is 10.2. The van der Waals surface area contributed by atoms with Crippen molar-refractivity contribution in [1.82, 2.24) is 4.90 Å². The monoisotopic (exact) mass is 717 g/mol. The van der Waals surface area contributed by atoms with Gasteiger partial charge < -0.3 is 23.8 Å². The van der Waals surface area contributed by atoms with Crippen molar-refractivity contribution in [2.45, 2.75) is 91.4 Å². The molecule has 9 nitrogen and oxygen atoms in total. The van der Waals surface area contributed by atoms with Crippen LogP contribution in [0.25, 0.3) is 0 Å². The molecule has 3 atom stereocenters. The lowest BCUT2D eigenvalue weighted by atomic mass is 9.77. The van der Waals surface area contributed by atoms with E-state index in [1.165, 1.54) is 5.57 Å². The first-order valence-corrected chi connectivity index (χ1v) is 18.8. The fraction of sp³-hybridized carbons (Fsp3) is 0.455. The molecule has 1 unspecified atom stereocenters. The highest BCUT2D eigenvalue weighted by atomic mass is 16.5. The van der Waals surface area contributed by atoms with Crippen LogP contribution in [-0.4, -0.2) is 55.8 Å². The topological polar surface area (TPSA) is 99.0 Å². The number of nitrogens with zero attached hydrogens (tertiary/aromatic N) is 3. The Balaban J connectivity index is 1.11. The molecule has 1 saturated carbocycles. The number of ether oxygens (including phenoxy) is 4. The first-order chi connectivity index (χ1) is 25.4. The summed E-state index contributed by atoms with van der Waals surface area (Å²) in [6, 6.07) is 13.5. The Morgan fingerprint density at radius 1 is 0.830 bits per heavy atom.